The van der Waals surface area contributed by atoms with Gasteiger partial charge < -0.3 is 0 Å². The molecule has 0 N–H and O–H groups in total. The summed E-state index contributed by atoms with van der Waals surface area (Å²) in [5, 5.41) is 6.65. The number of alkyl halides is 2. The SMILES string of the molecule is CC(C)c1cnnn1C(F)F. The van der Waals surface area contributed by atoms with Gasteiger partial charge in [0.05, 0.1) is 11.9 Å². The van der Waals surface area contributed by atoms with Gasteiger partial charge in [0.15, 0.2) is 0 Å². The van der Waals surface area contributed by atoms with E-state index >= 15 is 0 Å². The minimum Gasteiger partial charge on any atom is -0.188 e. The van der Waals surface area contributed by atoms with Crippen molar-refractivity contribution < 1.29 is 8.78 Å². The second kappa shape index (κ2) is 2.94. The molecule has 62 valence electrons. The lowest BCUT2D eigenvalue weighted by Gasteiger charge is -2.05. The lowest BCUT2D eigenvalue weighted by atomic mass is 10.1. The van der Waals surface area contributed by atoms with Crippen LogP contribution in [0.4, 0.5) is 8.78 Å². The van der Waals surface area contributed by atoms with Crippen LogP contribution in [0.1, 0.15) is 32.0 Å². The second-order valence-corrected chi connectivity index (χ2v) is 2.54. The Labute approximate surface area is 63.0 Å². The molecule has 0 saturated heterocycles. The molecule has 1 aromatic heterocycles. The first kappa shape index (κ1) is 8.10. The van der Waals surface area contributed by atoms with Crippen molar-refractivity contribution in [2.24, 2.45) is 0 Å². The molecule has 3 nitrogen and oxygen atoms in total. The van der Waals surface area contributed by atoms with E-state index < -0.39 is 6.55 Å². The molecular weight excluding hydrogens is 152 g/mol. The van der Waals surface area contributed by atoms with E-state index in [1.807, 2.05) is 13.8 Å². The summed E-state index contributed by atoms with van der Waals surface area (Å²) in [6, 6.07) is 0. The first-order valence-electron chi connectivity index (χ1n) is 3.31. The third-order valence-electron chi connectivity index (χ3n) is 1.38. The summed E-state index contributed by atoms with van der Waals surface area (Å²) in [5.41, 5.74) is 0.458. The second-order valence-electron chi connectivity index (χ2n) is 2.54. The summed E-state index contributed by atoms with van der Waals surface area (Å²) in [7, 11) is 0. The molecule has 0 aliphatic carbocycles. The Balaban J connectivity index is 2.96. The van der Waals surface area contributed by atoms with Crippen molar-refractivity contribution in [3.63, 3.8) is 0 Å². The Hall–Kier alpha value is -1.00. The largest absolute Gasteiger partial charge is 0.334 e. The van der Waals surface area contributed by atoms with Crippen molar-refractivity contribution in [2.45, 2.75) is 26.3 Å². The van der Waals surface area contributed by atoms with Gasteiger partial charge in [-0.25, -0.2) is 0 Å². The number of hydrogen-bond donors (Lipinski definition) is 0. The van der Waals surface area contributed by atoms with Gasteiger partial charge in [-0.15, -0.1) is 5.10 Å². The third kappa shape index (κ3) is 1.53. The van der Waals surface area contributed by atoms with Crippen molar-refractivity contribution in [3.05, 3.63) is 11.9 Å². The van der Waals surface area contributed by atoms with Crippen molar-refractivity contribution in [1.29, 1.82) is 0 Å². The van der Waals surface area contributed by atoms with E-state index in [1.165, 1.54) is 6.20 Å². The highest BCUT2D eigenvalue weighted by molar-refractivity contribution is 4.99. The molecule has 5 heteroatoms. The zero-order valence-corrected chi connectivity index (χ0v) is 6.33. The monoisotopic (exact) mass is 161 g/mol. The van der Waals surface area contributed by atoms with Crippen LogP contribution in [-0.4, -0.2) is 15.0 Å². The van der Waals surface area contributed by atoms with Crippen LogP contribution in [0.5, 0.6) is 0 Å². The maximum Gasteiger partial charge on any atom is 0.334 e. The number of aromatic nitrogens is 3. The van der Waals surface area contributed by atoms with Crippen LogP contribution in [0, 0.1) is 0 Å². The van der Waals surface area contributed by atoms with Gasteiger partial charge in [-0.05, 0) is 5.92 Å². The van der Waals surface area contributed by atoms with E-state index in [4.69, 9.17) is 0 Å². The van der Waals surface area contributed by atoms with Gasteiger partial charge in [0.1, 0.15) is 0 Å². The van der Waals surface area contributed by atoms with Gasteiger partial charge in [0.25, 0.3) is 0 Å². The molecule has 0 aliphatic heterocycles. The fourth-order valence-corrected chi connectivity index (χ4v) is 0.817. The summed E-state index contributed by atoms with van der Waals surface area (Å²) < 4.78 is 24.8. The first-order valence-corrected chi connectivity index (χ1v) is 3.31. The van der Waals surface area contributed by atoms with Crippen LogP contribution < -0.4 is 0 Å². The van der Waals surface area contributed by atoms with E-state index in [1.54, 1.807) is 0 Å². The van der Waals surface area contributed by atoms with Crippen molar-refractivity contribution in [1.82, 2.24) is 15.0 Å². The molecule has 0 saturated carbocycles. The lowest BCUT2D eigenvalue weighted by molar-refractivity contribution is 0.0507. The molecule has 0 amide bonds. The van der Waals surface area contributed by atoms with Gasteiger partial charge in [0, 0.05) is 0 Å². The molecule has 0 fully saturated rings. The predicted octanol–water partition coefficient (Wildman–Crippen LogP) is 1.80. The molecule has 0 unspecified atom stereocenters. The molecule has 11 heavy (non-hydrogen) atoms. The maximum absolute atomic E-state index is 12.1. The van der Waals surface area contributed by atoms with Gasteiger partial charge in [0.2, 0.25) is 0 Å². The van der Waals surface area contributed by atoms with Crippen LogP contribution in [0.15, 0.2) is 6.20 Å². The molecular formula is C6H9F2N3. The Morgan fingerprint density at radius 1 is 1.45 bits per heavy atom. The Morgan fingerprint density at radius 2 is 2.09 bits per heavy atom. The summed E-state index contributed by atoms with van der Waals surface area (Å²) >= 11 is 0. The van der Waals surface area contributed by atoms with E-state index in [-0.39, 0.29) is 5.92 Å². The van der Waals surface area contributed by atoms with Crippen molar-refractivity contribution >= 4 is 0 Å². The zero-order valence-electron chi connectivity index (χ0n) is 6.33. The third-order valence-corrected chi connectivity index (χ3v) is 1.38. The Bertz CT molecular complexity index is 209. The topological polar surface area (TPSA) is 30.7 Å². The summed E-state index contributed by atoms with van der Waals surface area (Å²) in [5.74, 6) is 0.0269. The summed E-state index contributed by atoms with van der Waals surface area (Å²) in [6.45, 7) is 1.05. The standard InChI is InChI=1S/C6H9F2N3/c1-4(2)5-3-9-10-11(5)6(7)8/h3-4,6H,1-2H3. The van der Waals surface area contributed by atoms with Gasteiger partial charge in [-0.1, -0.05) is 19.1 Å². The van der Waals surface area contributed by atoms with E-state index in [0.29, 0.717) is 10.4 Å². The molecule has 1 heterocycles. The van der Waals surface area contributed by atoms with E-state index in [2.05, 4.69) is 10.3 Å². The van der Waals surface area contributed by atoms with Crippen molar-refractivity contribution in [3.8, 4) is 0 Å². The molecule has 0 bridgehead atoms. The minimum absolute atomic E-state index is 0.0269. The Morgan fingerprint density at radius 3 is 2.45 bits per heavy atom. The molecule has 0 spiro atoms. The molecule has 0 atom stereocenters. The normalized spacial score (nSPS) is 11.5. The Kier molecular flexibility index (Phi) is 2.16. The van der Waals surface area contributed by atoms with Crippen LogP contribution in [-0.2, 0) is 0 Å². The van der Waals surface area contributed by atoms with E-state index in [9.17, 15) is 8.78 Å². The molecule has 1 aromatic rings. The predicted molar refractivity (Wildman–Crippen MR) is 35.4 cm³/mol. The number of rotatable bonds is 2. The molecule has 0 radical (unpaired) electrons. The average Bonchev–Trinajstić information content (AvgIpc) is 2.32. The minimum atomic E-state index is -2.59. The van der Waals surface area contributed by atoms with Crippen molar-refractivity contribution in [2.75, 3.05) is 0 Å². The number of hydrogen-bond acceptors (Lipinski definition) is 2. The van der Waals surface area contributed by atoms with Crippen LogP contribution >= 0.6 is 0 Å². The molecule has 1 rings (SSSR count). The highest BCUT2D eigenvalue weighted by atomic mass is 19.3. The highest BCUT2D eigenvalue weighted by Crippen LogP contribution is 2.17. The lowest BCUT2D eigenvalue weighted by Crippen LogP contribution is -2.06. The van der Waals surface area contributed by atoms with Gasteiger partial charge in [-0.2, -0.15) is 13.5 Å². The van der Waals surface area contributed by atoms with Crippen LogP contribution in [0.2, 0.25) is 0 Å². The fourth-order valence-electron chi connectivity index (χ4n) is 0.817. The fraction of sp³-hybridized carbons (Fsp3) is 0.667. The highest BCUT2D eigenvalue weighted by Gasteiger charge is 2.14. The molecule has 0 aromatic carbocycles. The number of nitrogens with zero attached hydrogens (tertiary/aromatic N) is 3. The van der Waals surface area contributed by atoms with Gasteiger partial charge in [-0.3, -0.25) is 0 Å². The summed E-state index contributed by atoms with van der Waals surface area (Å²) in [4.78, 5) is 0. The smallest absolute Gasteiger partial charge is 0.188 e. The van der Waals surface area contributed by atoms with Gasteiger partial charge >= 0.3 is 6.55 Å². The van der Waals surface area contributed by atoms with Crippen LogP contribution in [0.3, 0.4) is 0 Å². The quantitative estimate of drug-likeness (QED) is 0.662. The average molecular weight is 161 g/mol. The summed E-state index contributed by atoms with van der Waals surface area (Å²) in [6.07, 6.45) is 1.36. The van der Waals surface area contributed by atoms with E-state index in [0.717, 1.165) is 0 Å². The zero-order chi connectivity index (χ0) is 8.43. The van der Waals surface area contributed by atoms with Crippen LogP contribution in [0.25, 0.3) is 0 Å². The first-order chi connectivity index (χ1) is 5.13. The number of halogens is 2. The maximum atomic E-state index is 12.1. The molecule has 0 aliphatic rings.